The van der Waals surface area contributed by atoms with E-state index in [9.17, 15) is 4.79 Å². The molecular formula is C14H27N3O. The Morgan fingerprint density at radius 1 is 1.22 bits per heavy atom. The molecule has 0 unspecified atom stereocenters. The number of piperazine rings is 1. The summed E-state index contributed by atoms with van der Waals surface area (Å²) in [5, 5.41) is 0. The van der Waals surface area contributed by atoms with Crippen molar-refractivity contribution in [2.45, 2.75) is 26.8 Å². The van der Waals surface area contributed by atoms with Crippen LogP contribution in [0, 0.1) is 0 Å². The molecule has 104 valence electrons. The summed E-state index contributed by atoms with van der Waals surface area (Å²) in [4.78, 5) is 18.7. The van der Waals surface area contributed by atoms with Crippen LogP contribution in [0.1, 0.15) is 20.8 Å². The minimum absolute atomic E-state index is 0.195. The number of rotatable bonds is 4. The van der Waals surface area contributed by atoms with Crippen molar-refractivity contribution in [1.82, 2.24) is 14.7 Å². The van der Waals surface area contributed by atoms with Crippen LogP contribution in [0.25, 0.3) is 0 Å². The van der Waals surface area contributed by atoms with Gasteiger partial charge in [0.1, 0.15) is 0 Å². The summed E-state index contributed by atoms with van der Waals surface area (Å²) >= 11 is 0. The summed E-state index contributed by atoms with van der Waals surface area (Å²) in [6.07, 6.45) is 2.01. The predicted octanol–water partition coefficient (Wildman–Crippen LogP) is 1.05. The van der Waals surface area contributed by atoms with E-state index in [-0.39, 0.29) is 5.91 Å². The van der Waals surface area contributed by atoms with Gasteiger partial charge in [0.25, 0.3) is 0 Å². The van der Waals surface area contributed by atoms with Gasteiger partial charge in [0.2, 0.25) is 5.91 Å². The Hall–Kier alpha value is -0.870. The fourth-order valence-electron chi connectivity index (χ4n) is 2.10. The summed E-state index contributed by atoms with van der Waals surface area (Å²) in [6, 6.07) is 0.577. The molecule has 4 heteroatoms. The standard InChI is InChI=1S/C14H27N3O/c1-12(2)16-8-10-17(11-9-16)14(18)13(3)6-7-15(4)5/h6,12H,7-11H2,1-5H3/b13-6+. The van der Waals surface area contributed by atoms with Crippen LogP contribution >= 0.6 is 0 Å². The second-order valence-electron chi connectivity index (χ2n) is 5.57. The molecular weight excluding hydrogens is 226 g/mol. The van der Waals surface area contributed by atoms with Gasteiger partial charge in [0, 0.05) is 44.3 Å². The Bertz CT molecular complexity index is 302. The van der Waals surface area contributed by atoms with Crippen molar-refractivity contribution in [3.8, 4) is 0 Å². The highest BCUT2D eigenvalue weighted by Gasteiger charge is 2.22. The molecule has 0 aromatic rings. The normalized spacial score (nSPS) is 18.8. The number of nitrogens with zero attached hydrogens (tertiary/aromatic N) is 3. The van der Waals surface area contributed by atoms with Gasteiger partial charge in [-0.2, -0.15) is 0 Å². The fraction of sp³-hybridized carbons (Fsp3) is 0.786. The van der Waals surface area contributed by atoms with Gasteiger partial charge in [-0.05, 0) is 34.9 Å². The quantitative estimate of drug-likeness (QED) is 0.701. The molecule has 1 fully saturated rings. The molecule has 0 bridgehead atoms. The smallest absolute Gasteiger partial charge is 0.249 e. The largest absolute Gasteiger partial charge is 0.336 e. The number of amides is 1. The molecule has 1 saturated heterocycles. The molecule has 0 radical (unpaired) electrons. The van der Waals surface area contributed by atoms with Crippen LogP contribution in [-0.2, 0) is 4.79 Å². The molecule has 0 spiro atoms. The third-order valence-electron chi connectivity index (χ3n) is 3.43. The van der Waals surface area contributed by atoms with E-state index in [0.717, 1.165) is 38.3 Å². The SMILES string of the molecule is C/C(=C\CN(C)C)C(=O)N1CCN(C(C)C)CC1. The zero-order valence-corrected chi connectivity index (χ0v) is 12.4. The minimum Gasteiger partial charge on any atom is -0.336 e. The van der Waals surface area contributed by atoms with E-state index in [0.29, 0.717) is 6.04 Å². The second kappa shape index (κ2) is 6.90. The zero-order chi connectivity index (χ0) is 13.7. The average Bonchev–Trinajstić information content (AvgIpc) is 2.35. The second-order valence-corrected chi connectivity index (χ2v) is 5.57. The molecule has 0 aromatic carbocycles. The summed E-state index contributed by atoms with van der Waals surface area (Å²) in [5.74, 6) is 0.195. The van der Waals surface area contributed by atoms with Crippen molar-refractivity contribution < 1.29 is 4.79 Å². The lowest BCUT2D eigenvalue weighted by Crippen LogP contribution is -2.50. The van der Waals surface area contributed by atoms with Gasteiger partial charge in [0.05, 0.1) is 0 Å². The molecule has 18 heavy (non-hydrogen) atoms. The Morgan fingerprint density at radius 2 is 1.78 bits per heavy atom. The van der Waals surface area contributed by atoms with Crippen LogP contribution in [0.3, 0.4) is 0 Å². The molecule has 1 rings (SSSR count). The first-order valence-corrected chi connectivity index (χ1v) is 6.76. The predicted molar refractivity (Wildman–Crippen MR) is 75.6 cm³/mol. The minimum atomic E-state index is 0.195. The topological polar surface area (TPSA) is 26.8 Å². The number of carbonyl (C=O) groups excluding carboxylic acids is 1. The molecule has 0 aromatic heterocycles. The third-order valence-corrected chi connectivity index (χ3v) is 3.43. The summed E-state index contributed by atoms with van der Waals surface area (Å²) in [7, 11) is 4.02. The molecule has 1 amide bonds. The Balaban J connectivity index is 2.47. The highest BCUT2D eigenvalue weighted by atomic mass is 16.2. The number of hydrogen-bond donors (Lipinski definition) is 0. The van der Waals surface area contributed by atoms with Gasteiger partial charge < -0.3 is 9.80 Å². The summed E-state index contributed by atoms with van der Waals surface area (Å²) in [6.45, 7) is 10.8. The lowest BCUT2D eigenvalue weighted by Gasteiger charge is -2.37. The zero-order valence-electron chi connectivity index (χ0n) is 12.4. The van der Waals surface area contributed by atoms with E-state index in [4.69, 9.17) is 0 Å². The van der Waals surface area contributed by atoms with Crippen molar-refractivity contribution in [2.75, 3.05) is 46.8 Å². The van der Waals surface area contributed by atoms with Crippen LogP contribution in [0.2, 0.25) is 0 Å². The maximum atomic E-state index is 12.2. The Labute approximate surface area is 111 Å². The first kappa shape index (κ1) is 15.2. The monoisotopic (exact) mass is 253 g/mol. The maximum absolute atomic E-state index is 12.2. The van der Waals surface area contributed by atoms with Crippen LogP contribution < -0.4 is 0 Å². The van der Waals surface area contributed by atoms with Gasteiger partial charge in [-0.1, -0.05) is 6.08 Å². The van der Waals surface area contributed by atoms with E-state index in [1.165, 1.54) is 0 Å². The first-order chi connectivity index (χ1) is 8.41. The van der Waals surface area contributed by atoms with Crippen LogP contribution in [-0.4, -0.2) is 73.5 Å². The van der Waals surface area contributed by atoms with Crippen molar-refractivity contribution in [3.05, 3.63) is 11.6 Å². The van der Waals surface area contributed by atoms with Crippen molar-refractivity contribution in [3.63, 3.8) is 0 Å². The molecule has 0 atom stereocenters. The van der Waals surface area contributed by atoms with Gasteiger partial charge in [0.15, 0.2) is 0 Å². The van der Waals surface area contributed by atoms with E-state index in [2.05, 4.69) is 23.6 Å². The van der Waals surface area contributed by atoms with Crippen LogP contribution in [0.5, 0.6) is 0 Å². The summed E-state index contributed by atoms with van der Waals surface area (Å²) < 4.78 is 0. The number of hydrogen-bond acceptors (Lipinski definition) is 3. The first-order valence-electron chi connectivity index (χ1n) is 6.76. The average molecular weight is 253 g/mol. The van der Waals surface area contributed by atoms with Crippen molar-refractivity contribution in [2.24, 2.45) is 0 Å². The highest BCUT2D eigenvalue weighted by Crippen LogP contribution is 2.09. The molecule has 0 N–H and O–H groups in total. The maximum Gasteiger partial charge on any atom is 0.249 e. The fourth-order valence-corrected chi connectivity index (χ4v) is 2.10. The lowest BCUT2D eigenvalue weighted by molar-refractivity contribution is -0.129. The van der Waals surface area contributed by atoms with E-state index >= 15 is 0 Å². The molecule has 1 aliphatic rings. The number of carbonyl (C=O) groups is 1. The molecule has 1 aliphatic heterocycles. The molecule has 4 nitrogen and oxygen atoms in total. The van der Waals surface area contributed by atoms with Crippen molar-refractivity contribution >= 4 is 5.91 Å². The highest BCUT2D eigenvalue weighted by molar-refractivity contribution is 5.92. The van der Waals surface area contributed by atoms with Gasteiger partial charge in [-0.25, -0.2) is 0 Å². The molecule has 0 aliphatic carbocycles. The summed E-state index contributed by atoms with van der Waals surface area (Å²) in [5.41, 5.74) is 0.863. The Kier molecular flexibility index (Phi) is 5.82. The molecule has 0 saturated carbocycles. The van der Waals surface area contributed by atoms with Crippen molar-refractivity contribution in [1.29, 1.82) is 0 Å². The number of likely N-dealkylation sites (N-methyl/N-ethyl adjacent to an activating group) is 1. The third kappa shape index (κ3) is 4.42. The molecule has 1 heterocycles. The van der Waals surface area contributed by atoms with E-state index in [1.54, 1.807) is 0 Å². The van der Waals surface area contributed by atoms with Crippen LogP contribution in [0.4, 0.5) is 0 Å². The van der Waals surface area contributed by atoms with E-state index < -0.39 is 0 Å². The lowest BCUT2D eigenvalue weighted by atomic mass is 10.2. The Morgan fingerprint density at radius 3 is 2.22 bits per heavy atom. The van der Waals surface area contributed by atoms with Gasteiger partial charge >= 0.3 is 0 Å². The van der Waals surface area contributed by atoms with E-state index in [1.807, 2.05) is 32.0 Å². The van der Waals surface area contributed by atoms with Gasteiger partial charge in [-0.15, -0.1) is 0 Å². The van der Waals surface area contributed by atoms with Gasteiger partial charge in [-0.3, -0.25) is 9.69 Å². The van der Waals surface area contributed by atoms with Crippen LogP contribution in [0.15, 0.2) is 11.6 Å².